The predicted molar refractivity (Wildman–Crippen MR) is 121 cm³/mol. The number of hydrogen-bond acceptors (Lipinski definition) is 5. The minimum Gasteiger partial charge on any atom is -0.207 e. The summed E-state index contributed by atoms with van der Waals surface area (Å²) in [6.07, 6.45) is 1.22. The van der Waals surface area contributed by atoms with E-state index >= 15 is 0 Å². The molecule has 1 aromatic heterocycles. The standard InChI is InChI=1S/C23H25F2N3O2S2/c1-23(2,3)16-4-7-18(8-5-16)32(29,30)28-12-10-15(11-13-28)21-26-27-22(31-21)19-9-6-17(24)14-20(19)25/h4-9,14-15H,10-13H2,1-3H3. The Balaban J connectivity index is 1.44. The Bertz CT molecular complexity index is 1210. The Morgan fingerprint density at radius 1 is 1.00 bits per heavy atom. The number of hydrogen-bond donors (Lipinski definition) is 0. The molecular formula is C23H25F2N3O2S2. The van der Waals surface area contributed by atoms with Gasteiger partial charge in [0.1, 0.15) is 16.6 Å². The molecule has 9 heteroatoms. The van der Waals surface area contributed by atoms with Crippen molar-refractivity contribution >= 4 is 21.4 Å². The van der Waals surface area contributed by atoms with E-state index in [9.17, 15) is 17.2 Å². The highest BCUT2D eigenvalue weighted by atomic mass is 32.2. The van der Waals surface area contributed by atoms with Gasteiger partial charge in [-0.1, -0.05) is 44.2 Å². The average Bonchev–Trinajstić information content (AvgIpc) is 3.23. The van der Waals surface area contributed by atoms with E-state index in [1.807, 2.05) is 12.1 Å². The molecule has 0 radical (unpaired) electrons. The Labute approximate surface area is 191 Å². The molecule has 1 aliphatic rings. The minimum absolute atomic E-state index is 0.0436. The van der Waals surface area contributed by atoms with Crippen LogP contribution in [0.1, 0.15) is 50.1 Å². The number of nitrogens with zero attached hydrogens (tertiary/aromatic N) is 3. The predicted octanol–water partition coefficient (Wildman–Crippen LogP) is 5.35. The molecule has 4 rings (SSSR count). The van der Waals surface area contributed by atoms with Crippen LogP contribution in [-0.2, 0) is 15.4 Å². The van der Waals surface area contributed by atoms with E-state index in [2.05, 4.69) is 31.0 Å². The van der Waals surface area contributed by atoms with Gasteiger partial charge in [-0.15, -0.1) is 10.2 Å². The fraction of sp³-hybridized carbons (Fsp3) is 0.391. The molecule has 170 valence electrons. The molecule has 0 aliphatic carbocycles. The number of aromatic nitrogens is 2. The van der Waals surface area contributed by atoms with Crippen molar-refractivity contribution in [2.45, 2.75) is 49.8 Å². The maximum absolute atomic E-state index is 14.0. The van der Waals surface area contributed by atoms with Crippen molar-refractivity contribution in [1.29, 1.82) is 0 Å². The van der Waals surface area contributed by atoms with Crippen molar-refractivity contribution in [3.8, 4) is 10.6 Å². The van der Waals surface area contributed by atoms with Crippen molar-refractivity contribution in [3.05, 3.63) is 64.7 Å². The molecule has 0 atom stereocenters. The first kappa shape index (κ1) is 22.9. The lowest BCUT2D eigenvalue weighted by atomic mass is 9.87. The fourth-order valence-electron chi connectivity index (χ4n) is 3.79. The number of rotatable bonds is 4. The van der Waals surface area contributed by atoms with Gasteiger partial charge in [0.2, 0.25) is 10.0 Å². The maximum atomic E-state index is 14.0. The average molecular weight is 478 g/mol. The minimum atomic E-state index is -3.56. The molecule has 3 aromatic rings. The summed E-state index contributed by atoms with van der Waals surface area (Å²) in [7, 11) is -3.56. The van der Waals surface area contributed by atoms with E-state index in [-0.39, 0.29) is 16.9 Å². The van der Waals surface area contributed by atoms with Crippen molar-refractivity contribution < 1.29 is 17.2 Å². The van der Waals surface area contributed by atoms with Gasteiger partial charge in [0.25, 0.3) is 0 Å². The lowest BCUT2D eigenvalue weighted by Crippen LogP contribution is -2.37. The van der Waals surface area contributed by atoms with Crippen molar-refractivity contribution in [2.75, 3.05) is 13.1 Å². The van der Waals surface area contributed by atoms with Gasteiger partial charge < -0.3 is 0 Å². The second-order valence-electron chi connectivity index (χ2n) is 9.02. The number of halogens is 2. The normalized spacial score (nSPS) is 16.4. The van der Waals surface area contributed by atoms with Crippen LogP contribution in [0.5, 0.6) is 0 Å². The Morgan fingerprint density at radius 2 is 1.66 bits per heavy atom. The molecule has 2 aromatic carbocycles. The van der Waals surface area contributed by atoms with Gasteiger partial charge in [-0.25, -0.2) is 17.2 Å². The zero-order valence-corrected chi connectivity index (χ0v) is 19.8. The van der Waals surface area contributed by atoms with Crippen LogP contribution in [0.3, 0.4) is 0 Å². The molecular weight excluding hydrogens is 452 g/mol. The van der Waals surface area contributed by atoms with Crippen LogP contribution < -0.4 is 0 Å². The first-order valence-corrected chi connectivity index (χ1v) is 12.7. The first-order chi connectivity index (χ1) is 15.1. The zero-order chi connectivity index (χ0) is 23.1. The summed E-state index contributed by atoms with van der Waals surface area (Å²) in [5, 5.41) is 9.41. The van der Waals surface area contributed by atoms with E-state index < -0.39 is 21.7 Å². The lowest BCUT2D eigenvalue weighted by molar-refractivity contribution is 0.318. The van der Waals surface area contributed by atoms with Gasteiger partial charge in [0.05, 0.1) is 4.90 Å². The van der Waals surface area contributed by atoms with Gasteiger partial charge in [0, 0.05) is 30.6 Å². The van der Waals surface area contributed by atoms with Crippen LogP contribution in [0.4, 0.5) is 8.78 Å². The summed E-state index contributed by atoms with van der Waals surface area (Å²) in [6.45, 7) is 7.03. The third-order valence-electron chi connectivity index (χ3n) is 5.76. The number of piperidine rings is 1. The molecule has 1 saturated heterocycles. The van der Waals surface area contributed by atoms with E-state index in [0.29, 0.717) is 35.8 Å². The van der Waals surface area contributed by atoms with Crippen LogP contribution in [0, 0.1) is 11.6 Å². The highest BCUT2D eigenvalue weighted by molar-refractivity contribution is 7.89. The third-order valence-corrected chi connectivity index (χ3v) is 8.80. The molecule has 0 bridgehead atoms. The first-order valence-electron chi connectivity index (χ1n) is 10.5. The number of sulfonamides is 1. The van der Waals surface area contributed by atoms with Crippen molar-refractivity contribution in [2.24, 2.45) is 0 Å². The smallest absolute Gasteiger partial charge is 0.207 e. The van der Waals surface area contributed by atoms with Gasteiger partial charge in [-0.05, 0) is 48.1 Å². The second kappa shape index (κ2) is 8.61. The summed E-state index contributed by atoms with van der Waals surface area (Å²) in [5.74, 6) is -1.26. The van der Waals surface area contributed by atoms with Gasteiger partial charge in [-0.2, -0.15) is 4.31 Å². The molecule has 0 unspecified atom stereocenters. The molecule has 0 spiro atoms. The van der Waals surface area contributed by atoms with Crippen LogP contribution >= 0.6 is 11.3 Å². The summed E-state index contributed by atoms with van der Waals surface area (Å²) in [5.41, 5.74) is 1.26. The SMILES string of the molecule is CC(C)(C)c1ccc(S(=O)(=O)N2CCC(c3nnc(-c4ccc(F)cc4F)s3)CC2)cc1. The lowest BCUT2D eigenvalue weighted by Gasteiger charge is -2.30. The summed E-state index contributed by atoms with van der Waals surface area (Å²) >= 11 is 1.27. The topological polar surface area (TPSA) is 63.2 Å². The Kier molecular flexibility index (Phi) is 6.17. The van der Waals surface area contributed by atoms with E-state index in [4.69, 9.17) is 0 Å². The summed E-state index contributed by atoms with van der Waals surface area (Å²) < 4.78 is 54.9. The number of benzene rings is 2. The van der Waals surface area contributed by atoms with Gasteiger partial charge in [0.15, 0.2) is 5.01 Å². The monoisotopic (exact) mass is 477 g/mol. The summed E-state index contributed by atoms with van der Waals surface area (Å²) in [4.78, 5) is 0.300. The van der Waals surface area contributed by atoms with E-state index in [1.165, 1.54) is 27.8 Å². The van der Waals surface area contributed by atoms with Crippen LogP contribution in [-0.4, -0.2) is 36.0 Å². The highest BCUT2D eigenvalue weighted by Crippen LogP contribution is 2.36. The Hall–Kier alpha value is -2.23. The molecule has 0 amide bonds. The molecule has 0 saturated carbocycles. The van der Waals surface area contributed by atoms with E-state index in [0.717, 1.165) is 16.6 Å². The largest absolute Gasteiger partial charge is 0.243 e. The second-order valence-corrected chi connectivity index (χ2v) is 12.0. The molecule has 1 aliphatic heterocycles. The van der Waals surface area contributed by atoms with Crippen molar-refractivity contribution in [3.63, 3.8) is 0 Å². The van der Waals surface area contributed by atoms with Crippen LogP contribution in [0.15, 0.2) is 47.4 Å². The highest BCUT2D eigenvalue weighted by Gasteiger charge is 2.31. The fourth-order valence-corrected chi connectivity index (χ4v) is 6.30. The van der Waals surface area contributed by atoms with Crippen LogP contribution in [0.25, 0.3) is 10.6 Å². The maximum Gasteiger partial charge on any atom is 0.243 e. The molecule has 1 fully saturated rings. The van der Waals surface area contributed by atoms with Crippen LogP contribution in [0.2, 0.25) is 0 Å². The third kappa shape index (κ3) is 4.60. The van der Waals surface area contributed by atoms with E-state index in [1.54, 1.807) is 12.1 Å². The molecule has 2 heterocycles. The zero-order valence-electron chi connectivity index (χ0n) is 18.2. The van der Waals surface area contributed by atoms with Crippen molar-refractivity contribution in [1.82, 2.24) is 14.5 Å². The van der Waals surface area contributed by atoms with Gasteiger partial charge >= 0.3 is 0 Å². The molecule has 32 heavy (non-hydrogen) atoms. The Morgan fingerprint density at radius 3 is 2.25 bits per heavy atom. The van der Waals surface area contributed by atoms with Gasteiger partial charge in [-0.3, -0.25) is 0 Å². The quantitative estimate of drug-likeness (QED) is 0.508. The summed E-state index contributed by atoms with van der Waals surface area (Å²) in [6, 6.07) is 10.5. The molecule has 0 N–H and O–H groups in total. The molecule has 5 nitrogen and oxygen atoms in total.